The molecule has 118 valence electrons. The Balaban J connectivity index is 2.42. The lowest BCUT2D eigenvalue weighted by Gasteiger charge is -2.10. The van der Waals surface area contributed by atoms with Crippen molar-refractivity contribution in [3.05, 3.63) is 33.2 Å². The number of hydrogen-bond acceptors (Lipinski definition) is 4. The number of unbranched alkanes of at least 4 members (excludes halogenated alkanes) is 1. The van der Waals surface area contributed by atoms with Gasteiger partial charge in [0.15, 0.2) is 0 Å². The molecule has 0 unspecified atom stereocenters. The van der Waals surface area contributed by atoms with Gasteiger partial charge in [0.05, 0.1) is 17.9 Å². The number of carboxylic acids is 1. The van der Waals surface area contributed by atoms with Gasteiger partial charge in [-0.2, -0.15) is 0 Å². The molecule has 0 saturated heterocycles. The van der Waals surface area contributed by atoms with E-state index in [1.165, 1.54) is 11.3 Å². The molecule has 1 aromatic carbocycles. The van der Waals surface area contributed by atoms with Crippen LogP contribution in [0.5, 0.6) is 5.75 Å². The van der Waals surface area contributed by atoms with Gasteiger partial charge in [0, 0.05) is 4.47 Å². The van der Waals surface area contributed by atoms with Crippen molar-refractivity contribution in [1.29, 1.82) is 0 Å². The van der Waals surface area contributed by atoms with Crippen LogP contribution in [0.1, 0.15) is 42.1 Å². The zero-order chi connectivity index (χ0) is 16.1. The molecular weight excluding hydrogens is 366 g/mol. The molecular formula is C16H18BrNO3S. The number of carboxylic acid groups (broad SMARTS) is 1. The van der Waals surface area contributed by atoms with Crippen LogP contribution in [-0.2, 0) is 6.42 Å². The molecule has 0 amide bonds. The minimum atomic E-state index is -0.927. The molecule has 4 nitrogen and oxygen atoms in total. The van der Waals surface area contributed by atoms with Gasteiger partial charge in [-0.15, -0.1) is 11.3 Å². The summed E-state index contributed by atoms with van der Waals surface area (Å²) in [7, 11) is 0. The van der Waals surface area contributed by atoms with Gasteiger partial charge in [-0.3, -0.25) is 0 Å². The lowest BCUT2D eigenvalue weighted by atomic mass is 10.2. The van der Waals surface area contributed by atoms with Crippen molar-refractivity contribution in [2.45, 2.75) is 33.1 Å². The fourth-order valence-electron chi connectivity index (χ4n) is 2.00. The van der Waals surface area contributed by atoms with Crippen LogP contribution < -0.4 is 4.74 Å². The normalized spacial score (nSPS) is 10.7. The number of aromatic carboxylic acids is 1. The Bertz CT molecular complexity index is 669. The highest BCUT2D eigenvalue weighted by molar-refractivity contribution is 9.10. The van der Waals surface area contributed by atoms with E-state index in [0.717, 1.165) is 28.6 Å². The molecule has 0 aliphatic carbocycles. The number of aryl methyl sites for hydroxylation is 1. The summed E-state index contributed by atoms with van der Waals surface area (Å²) < 4.78 is 6.74. The van der Waals surface area contributed by atoms with Gasteiger partial charge in [0.2, 0.25) is 0 Å². The molecule has 0 bridgehead atoms. The molecule has 2 aromatic rings. The van der Waals surface area contributed by atoms with Crippen molar-refractivity contribution < 1.29 is 14.6 Å². The van der Waals surface area contributed by atoms with E-state index >= 15 is 0 Å². The molecule has 0 spiro atoms. The van der Waals surface area contributed by atoms with Crippen molar-refractivity contribution >= 4 is 33.2 Å². The first-order valence-electron chi connectivity index (χ1n) is 7.22. The van der Waals surface area contributed by atoms with Crippen LogP contribution >= 0.6 is 27.3 Å². The first-order valence-corrected chi connectivity index (χ1v) is 8.83. The zero-order valence-electron chi connectivity index (χ0n) is 12.6. The van der Waals surface area contributed by atoms with Crippen LogP contribution in [0.3, 0.4) is 0 Å². The Morgan fingerprint density at radius 2 is 2.18 bits per heavy atom. The van der Waals surface area contributed by atoms with E-state index < -0.39 is 5.97 Å². The molecule has 0 aliphatic heterocycles. The van der Waals surface area contributed by atoms with E-state index in [1.807, 2.05) is 25.1 Å². The maximum atomic E-state index is 11.3. The van der Waals surface area contributed by atoms with E-state index in [-0.39, 0.29) is 0 Å². The second kappa shape index (κ2) is 7.74. The smallest absolute Gasteiger partial charge is 0.347 e. The summed E-state index contributed by atoms with van der Waals surface area (Å²) >= 11 is 4.65. The average Bonchev–Trinajstić information content (AvgIpc) is 2.93. The van der Waals surface area contributed by atoms with Gasteiger partial charge in [0.25, 0.3) is 0 Å². The highest BCUT2D eigenvalue weighted by atomic mass is 79.9. The van der Waals surface area contributed by atoms with Crippen molar-refractivity contribution in [3.8, 4) is 16.3 Å². The number of carbonyl (C=O) groups is 1. The van der Waals surface area contributed by atoms with Crippen LogP contribution in [0.2, 0.25) is 0 Å². The van der Waals surface area contributed by atoms with Gasteiger partial charge >= 0.3 is 5.97 Å². The fourth-order valence-corrected chi connectivity index (χ4v) is 3.37. The van der Waals surface area contributed by atoms with Gasteiger partial charge in [-0.05, 0) is 31.0 Å². The molecule has 22 heavy (non-hydrogen) atoms. The van der Waals surface area contributed by atoms with E-state index in [2.05, 4.69) is 27.8 Å². The SMILES string of the molecule is CCCCOc1ccc(Br)cc1-c1nc(CC)c(C(=O)O)s1. The molecule has 0 saturated carbocycles. The van der Waals surface area contributed by atoms with Crippen molar-refractivity contribution in [1.82, 2.24) is 4.98 Å². The van der Waals surface area contributed by atoms with Gasteiger partial charge in [-0.25, -0.2) is 9.78 Å². The monoisotopic (exact) mass is 383 g/mol. The first kappa shape index (κ1) is 17.0. The highest BCUT2D eigenvalue weighted by Crippen LogP contribution is 2.36. The van der Waals surface area contributed by atoms with Crippen molar-refractivity contribution in [2.75, 3.05) is 6.61 Å². The highest BCUT2D eigenvalue weighted by Gasteiger charge is 2.19. The Hall–Kier alpha value is -1.40. The summed E-state index contributed by atoms with van der Waals surface area (Å²) in [5.74, 6) is -0.186. The molecule has 1 aromatic heterocycles. The largest absolute Gasteiger partial charge is 0.493 e. The lowest BCUT2D eigenvalue weighted by Crippen LogP contribution is -1.98. The quantitative estimate of drug-likeness (QED) is 0.682. The maximum absolute atomic E-state index is 11.3. The van der Waals surface area contributed by atoms with Crippen LogP contribution in [0.15, 0.2) is 22.7 Å². The third-order valence-electron chi connectivity index (χ3n) is 3.15. The van der Waals surface area contributed by atoms with E-state index in [1.54, 1.807) is 0 Å². The summed E-state index contributed by atoms with van der Waals surface area (Å²) in [6.07, 6.45) is 2.64. The average molecular weight is 384 g/mol. The lowest BCUT2D eigenvalue weighted by molar-refractivity contribution is 0.0701. The maximum Gasteiger partial charge on any atom is 0.347 e. The van der Waals surface area contributed by atoms with Gasteiger partial charge in [0.1, 0.15) is 15.6 Å². The molecule has 0 radical (unpaired) electrons. The second-order valence-electron chi connectivity index (χ2n) is 4.80. The molecule has 1 heterocycles. The second-order valence-corrected chi connectivity index (χ2v) is 6.71. The summed E-state index contributed by atoms with van der Waals surface area (Å²) in [5, 5.41) is 9.97. The molecule has 6 heteroatoms. The van der Waals surface area contributed by atoms with E-state index in [9.17, 15) is 9.90 Å². The number of rotatable bonds is 7. The van der Waals surface area contributed by atoms with E-state index in [4.69, 9.17) is 4.74 Å². The summed E-state index contributed by atoms with van der Waals surface area (Å²) in [6, 6.07) is 5.73. The predicted molar refractivity (Wildman–Crippen MR) is 92.0 cm³/mol. The van der Waals surface area contributed by atoms with Crippen LogP contribution in [0.4, 0.5) is 0 Å². The molecule has 2 rings (SSSR count). The Labute approximate surface area is 142 Å². The van der Waals surface area contributed by atoms with Gasteiger partial charge in [-0.1, -0.05) is 36.2 Å². The molecule has 1 N–H and O–H groups in total. The zero-order valence-corrected chi connectivity index (χ0v) is 15.0. The third kappa shape index (κ3) is 3.87. The number of nitrogens with zero attached hydrogens (tertiary/aromatic N) is 1. The van der Waals surface area contributed by atoms with E-state index in [0.29, 0.717) is 28.6 Å². The molecule has 0 aliphatic rings. The Morgan fingerprint density at radius 3 is 2.77 bits per heavy atom. The van der Waals surface area contributed by atoms with Crippen LogP contribution in [0.25, 0.3) is 10.6 Å². The third-order valence-corrected chi connectivity index (χ3v) is 4.77. The molecule has 0 fully saturated rings. The number of ether oxygens (including phenoxy) is 1. The number of thiazole rings is 1. The van der Waals surface area contributed by atoms with Gasteiger partial charge < -0.3 is 9.84 Å². The topological polar surface area (TPSA) is 59.4 Å². The summed E-state index contributed by atoms with van der Waals surface area (Å²) in [4.78, 5) is 16.1. The number of hydrogen-bond donors (Lipinski definition) is 1. The van der Waals surface area contributed by atoms with Crippen molar-refractivity contribution in [3.63, 3.8) is 0 Å². The minimum Gasteiger partial charge on any atom is -0.493 e. The Kier molecular flexibility index (Phi) is 5.97. The fraction of sp³-hybridized carbons (Fsp3) is 0.375. The van der Waals surface area contributed by atoms with Crippen LogP contribution in [-0.4, -0.2) is 22.7 Å². The first-order chi connectivity index (χ1) is 10.6. The standard InChI is InChI=1S/C16H18BrNO3S/c1-3-5-8-21-13-7-6-10(17)9-11(13)15-18-12(4-2)14(22-15)16(19)20/h6-7,9H,3-5,8H2,1-2H3,(H,19,20). The minimum absolute atomic E-state index is 0.303. The summed E-state index contributed by atoms with van der Waals surface area (Å²) in [6.45, 7) is 4.66. The Morgan fingerprint density at radius 1 is 1.41 bits per heavy atom. The predicted octanol–water partition coefficient (Wildman–Crippen LogP) is 5.01. The number of benzene rings is 1. The summed E-state index contributed by atoms with van der Waals surface area (Å²) in [5.41, 5.74) is 1.45. The number of halogens is 1. The van der Waals surface area contributed by atoms with Crippen LogP contribution in [0, 0.1) is 0 Å². The number of aromatic nitrogens is 1. The molecule has 0 atom stereocenters. The van der Waals surface area contributed by atoms with Crippen molar-refractivity contribution in [2.24, 2.45) is 0 Å².